The first-order valence-corrected chi connectivity index (χ1v) is 6.94. The van der Waals surface area contributed by atoms with Crippen molar-refractivity contribution in [2.45, 2.75) is 38.6 Å². The average Bonchev–Trinajstić information content (AvgIpc) is 2.36. The maximum atomic E-state index is 10.6. The van der Waals surface area contributed by atoms with E-state index in [0.29, 0.717) is 12.0 Å². The normalized spacial score (nSPS) is 25.2. The van der Waals surface area contributed by atoms with Crippen LogP contribution in [0.1, 0.15) is 32.6 Å². The summed E-state index contributed by atoms with van der Waals surface area (Å²) in [5, 5.41) is 21.0. The van der Waals surface area contributed by atoms with E-state index in [4.69, 9.17) is 10.2 Å². The number of hydrogen-bond donors (Lipinski definition) is 3. The Balaban J connectivity index is 2.36. The second-order valence-electron chi connectivity index (χ2n) is 5.11. The van der Waals surface area contributed by atoms with Gasteiger partial charge in [0.25, 0.3) is 0 Å². The molecule has 3 N–H and O–H groups in total. The van der Waals surface area contributed by atoms with Gasteiger partial charge in [-0.3, -0.25) is 4.79 Å². The molecular weight excluding hydrogens is 232 g/mol. The fourth-order valence-electron chi connectivity index (χ4n) is 2.63. The molecule has 1 rings (SSSR count). The Bertz CT molecular complexity index is 248. The van der Waals surface area contributed by atoms with Crippen molar-refractivity contribution in [3.05, 3.63) is 0 Å². The highest BCUT2D eigenvalue weighted by Gasteiger charge is 2.26. The van der Waals surface area contributed by atoms with E-state index in [-0.39, 0.29) is 13.0 Å². The van der Waals surface area contributed by atoms with Gasteiger partial charge in [0.15, 0.2) is 0 Å². The highest BCUT2D eigenvalue weighted by molar-refractivity contribution is 5.66. The summed E-state index contributed by atoms with van der Waals surface area (Å²) in [5.41, 5.74) is 0. The van der Waals surface area contributed by atoms with Crippen LogP contribution in [-0.2, 0) is 4.79 Å². The van der Waals surface area contributed by atoms with Gasteiger partial charge >= 0.3 is 5.97 Å². The third-order valence-electron chi connectivity index (χ3n) is 3.59. The van der Waals surface area contributed by atoms with Gasteiger partial charge in [-0.25, -0.2) is 0 Å². The molecule has 1 aliphatic rings. The molecule has 0 spiro atoms. The van der Waals surface area contributed by atoms with Crippen molar-refractivity contribution < 1.29 is 15.0 Å². The van der Waals surface area contributed by atoms with E-state index in [0.717, 1.165) is 45.4 Å². The first-order valence-electron chi connectivity index (χ1n) is 6.94. The van der Waals surface area contributed by atoms with Crippen LogP contribution in [0.5, 0.6) is 0 Å². The summed E-state index contributed by atoms with van der Waals surface area (Å²) >= 11 is 0. The van der Waals surface area contributed by atoms with E-state index in [1.54, 1.807) is 0 Å². The Hall–Kier alpha value is -0.650. The number of nitrogens with zero attached hydrogens (tertiary/aromatic N) is 1. The van der Waals surface area contributed by atoms with Gasteiger partial charge in [-0.2, -0.15) is 0 Å². The smallest absolute Gasteiger partial charge is 0.303 e. The quantitative estimate of drug-likeness (QED) is 0.554. The lowest BCUT2D eigenvalue weighted by atomic mass is 9.90. The van der Waals surface area contributed by atoms with Gasteiger partial charge < -0.3 is 20.4 Å². The van der Waals surface area contributed by atoms with Crippen LogP contribution in [0.4, 0.5) is 0 Å². The van der Waals surface area contributed by atoms with E-state index < -0.39 is 5.97 Å². The van der Waals surface area contributed by atoms with Crippen LogP contribution < -0.4 is 5.32 Å². The Labute approximate surface area is 109 Å². The molecule has 0 aromatic rings. The summed E-state index contributed by atoms with van der Waals surface area (Å²) in [6, 6.07) is 0.434. The molecule has 106 valence electrons. The molecule has 1 fully saturated rings. The highest BCUT2D eigenvalue weighted by atomic mass is 16.4. The molecule has 0 aromatic heterocycles. The van der Waals surface area contributed by atoms with Crippen molar-refractivity contribution in [2.75, 3.05) is 32.8 Å². The molecule has 0 bridgehead atoms. The van der Waals surface area contributed by atoms with Gasteiger partial charge in [-0.05, 0) is 38.3 Å². The van der Waals surface area contributed by atoms with E-state index >= 15 is 0 Å². The van der Waals surface area contributed by atoms with Gasteiger partial charge in [0, 0.05) is 32.2 Å². The zero-order valence-electron chi connectivity index (χ0n) is 11.3. The zero-order chi connectivity index (χ0) is 13.4. The van der Waals surface area contributed by atoms with Crippen molar-refractivity contribution in [3.63, 3.8) is 0 Å². The number of carbonyl (C=O) groups is 1. The molecule has 0 amide bonds. The molecule has 5 nitrogen and oxygen atoms in total. The Kier molecular flexibility index (Phi) is 7.23. The van der Waals surface area contributed by atoms with Crippen LogP contribution in [-0.4, -0.2) is 59.9 Å². The minimum absolute atomic E-state index is 0.222. The Morgan fingerprint density at radius 2 is 2.22 bits per heavy atom. The maximum absolute atomic E-state index is 10.6. The molecule has 1 saturated heterocycles. The van der Waals surface area contributed by atoms with Gasteiger partial charge in [-0.1, -0.05) is 6.92 Å². The number of hydrogen-bond acceptors (Lipinski definition) is 4. The monoisotopic (exact) mass is 258 g/mol. The summed E-state index contributed by atoms with van der Waals surface area (Å²) in [7, 11) is 0. The molecule has 2 atom stereocenters. The van der Waals surface area contributed by atoms with Crippen LogP contribution in [0, 0.1) is 5.92 Å². The minimum Gasteiger partial charge on any atom is -0.481 e. The largest absolute Gasteiger partial charge is 0.481 e. The number of aliphatic hydroxyl groups is 1. The third-order valence-corrected chi connectivity index (χ3v) is 3.59. The molecule has 0 saturated carbocycles. The number of likely N-dealkylation sites (tertiary alicyclic amines) is 1. The van der Waals surface area contributed by atoms with Gasteiger partial charge in [0.2, 0.25) is 0 Å². The predicted molar refractivity (Wildman–Crippen MR) is 70.6 cm³/mol. The molecule has 2 unspecified atom stereocenters. The van der Waals surface area contributed by atoms with Crippen LogP contribution >= 0.6 is 0 Å². The van der Waals surface area contributed by atoms with Crippen molar-refractivity contribution in [1.82, 2.24) is 10.2 Å². The van der Waals surface area contributed by atoms with Gasteiger partial charge in [0.05, 0.1) is 0 Å². The lowest BCUT2D eigenvalue weighted by Crippen LogP contribution is -2.49. The van der Waals surface area contributed by atoms with Crippen LogP contribution in [0.2, 0.25) is 0 Å². The number of carboxylic acid groups (broad SMARTS) is 1. The lowest BCUT2D eigenvalue weighted by molar-refractivity contribution is -0.137. The highest BCUT2D eigenvalue weighted by Crippen LogP contribution is 2.21. The number of rotatable bonds is 8. The lowest BCUT2D eigenvalue weighted by Gasteiger charge is -2.37. The fraction of sp³-hybridized carbons (Fsp3) is 0.923. The summed E-state index contributed by atoms with van der Waals surface area (Å²) in [6.07, 6.45) is 2.87. The van der Waals surface area contributed by atoms with Crippen LogP contribution in [0.3, 0.4) is 0 Å². The topological polar surface area (TPSA) is 72.8 Å². The summed E-state index contributed by atoms with van der Waals surface area (Å²) in [4.78, 5) is 13.0. The van der Waals surface area contributed by atoms with Gasteiger partial charge in [0.1, 0.15) is 0 Å². The van der Waals surface area contributed by atoms with Crippen molar-refractivity contribution in [2.24, 2.45) is 5.92 Å². The Morgan fingerprint density at radius 3 is 2.83 bits per heavy atom. The summed E-state index contributed by atoms with van der Waals surface area (Å²) in [6.45, 7) is 6.27. The van der Waals surface area contributed by atoms with Gasteiger partial charge in [-0.15, -0.1) is 0 Å². The molecule has 0 aromatic carbocycles. The maximum Gasteiger partial charge on any atom is 0.303 e. The predicted octanol–water partition coefficient (Wildman–Crippen LogP) is 0.534. The van der Waals surface area contributed by atoms with Crippen molar-refractivity contribution in [3.8, 4) is 0 Å². The standard InChI is InChI=1S/C13H26N2O3/c1-2-15-9-11(4-5-13(17)18)8-12(10-15)14-6-3-7-16/h11-12,14,16H,2-10H2,1H3,(H,17,18). The molecular formula is C13H26N2O3. The Morgan fingerprint density at radius 1 is 1.44 bits per heavy atom. The van der Waals surface area contributed by atoms with Crippen LogP contribution in [0.25, 0.3) is 0 Å². The molecule has 5 heteroatoms. The number of nitrogens with one attached hydrogen (secondary N) is 1. The SMILES string of the molecule is CCN1CC(CCC(=O)O)CC(NCCCO)C1. The van der Waals surface area contributed by atoms with E-state index in [9.17, 15) is 4.79 Å². The van der Waals surface area contributed by atoms with E-state index in [1.807, 2.05) is 0 Å². The molecule has 1 aliphatic heterocycles. The molecule has 0 radical (unpaired) electrons. The summed E-state index contributed by atoms with van der Waals surface area (Å²) in [5.74, 6) is -0.227. The van der Waals surface area contributed by atoms with Crippen molar-refractivity contribution >= 4 is 5.97 Å². The van der Waals surface area contributed by atoms with E-state index in [1.165, 1.54) is 0 Å². The second-order valence-corrected chi connectivity index (χ2v) is 5.11. The third kappa shape index (κ3) is 5.80. The van der Waals surface area contributed by atoms with E-state index in [2.05, 4.69) is 17.1 Å². The number of piperidine rings is 1. The average molecular weight is 258 g/mol. The van der Waals surface area contributed by atoms with Crippen molar-refractivity contribution in [1.29, 1.82) is 0 Å². The molecule has 1 heterocycles. The minimum atomic E-state index is -0.701. The second kappa shape index (κ2) is 8.45. The number of aliphatic hydroxyl groups excluding tert-OH is 1. The number of likely N-dealkylation sites (N-methyl/N-ethyl adjacent to an activating group) is 1. The molecule has 0 aliphatic carbocycles. The fourth-order valence-corrected chi connectivity index (χ4v) is 2.63. The summed E-state index contributed by atoms with van der Waals surface area (Å²) < 4.78 is 0. The molecule has 18 heavy (non-hydrogen) atoms. The first-order chi connectivity index (χ1) is 8.65. The van der Waals surface area contributed by atoms with Crippen LogP contribution in [0.15, 0.2) is 0 Å². The number of carboxylic acids is 1. The zero-order valence-corrected chi connectivity index (χ0v) is 11.3. The first kappa shape index (κ1) is 15.4. The number of aliphatic carboxylic acids is 1.